The summed E-state index contributed by atoms with van der Waals surface area (Å²) >= 11 is 1.80. The Morgan fingerprint density at radius 3 is 3.12 bits per heavy atom. The number of benzene rings is 1. The molecule has 84 valence electrons. The lowest BCUT2D eigenvalue weighted by Gasteiger charge is -2.22. The van der Waals surface area contributed by atoms with E-state index in [9.17, 15) is 4.91 Å². The van der Waals surface area contributed by atoms with Gasteiger partial charge in [0.1, 0.15) is 0 Å². The molecule has 0 saturated carbocycles. The Balaban J connectivity index is 2.19. The minimum atomic E-state index is 0.531. The Morgan fingerprint density at radius 1 is 1.50 bits per heavy atom. The first-order chi connectivity index (χ1) is 7.85. The fraction of sp³-hybridized carbons (Fsp3) is 0.500. The molecular weight excluding hydrogens is 220 g/mol. The summed E-state index contributed by atoms with van der Waals surface area (Å²) in [6.07, 6.45) is 5.71. The topological polar surface area (TPSA) is 32.7 Å². The summed E-state index contributed by atoms with van der Waals surface area (Å²) in [5.74, 6) is 0.531. The Hall–Kier alpha value is -1.03. The van der Waals surface area contributed by atoms with Gasteiger partial charge >= 0.3 is 0 Å². The molecule has 3 nitrogen and oxygen atoms in total. The lowest BCUT2D eigenvalue weighted by molar-refractivity contribution is 0.570. The molecular formula is C12H14N2OS. The van der Waals surface area contributed by atoms with Crippen LogP contribution in [0.1, 0.15) is 29.9 Å². The van der Waals surface area contributed by atoms with E-state index < -0.39 is 0 Å². The molecule has 0 fully saturated rings. The standard InChI is InChI=1S/C12H14N2OS/c1-16-11-6-5-10-12-8(7-14(10)13-15)3-2-4-9(11)12/h5-6,8H,2-4,7H2,1H3. The molecule has 1 aliphatic heterocycles. The Bertz CT molecular complexity index is 447. The highest BCUT2D eigenvalue weighted by Crippen LogP contribution is 2.47. The molecule has 3 rings (SSSR count). The normalized spacial score (nSPS) is 22.1. The molecule has 16 heavy (non-hydrogen) atoms. The van der Waals surface area contributed by atoms with Gasteiger partial charge in [0.15, 0.2) is 0 Å². The maximum absolute atomic E-state index is 10.8. The number of hydrogen-bond donors (Lipinski definition) is 0. The van der Waals surface area contributed by atoms with E-state index in [0.717, 1.165) is 18.7 Å². The monoisotopic (exact) mass is 234 g/mol. The molecule has 1 aliphatic carbocycles. The van der Waals surface area contributed by atoms with Crippen LogP contribution in [-0.2, 0) is 6.42 Å². The number of anilines is 1. The molecule has 1 heterocycles. The largest absolute Gasteiger partial charge is 0.228 e. The van der Waals surface area contributed by atoms with Crippen molar-refractivity contribution in [1.82, 2.24) is 0 Å². The first-order valence-electron chi connectivity index (χ1n) is 5.65. The predicted octanol–water partition coefficient (Wildman–Crippen LogP) is 3.33. The zero-order chi connectivity index (χ0) is 11.1. The molecule has 1 atom stereocenters. The van der Waals surface area contributed by atoms with Crippen molar-refractivity contribution in [3.8, 4) is 0 Å². The van der Waals surface area contributed by atoms with Crippen molar-refractivity contribution in [3.05, 3.63) is 28.2 Å². The van der Waals surface area contributed by atoms with Gasteiger partial charge < -0.3 is 0 Å². The maximum atomic E-state index is 10.8. The quantitative estimate of drug-likeness (QED) is 0.581. The van der Waals surface area contributed by atoms with Gasteiger partial charge in [0, 0.05) is 10.8 Å². The van der Waals surface area contributed by atoms with Gasteiger partial charge in [-0.25, -0.2) is 5.01 Å². The Labute approximate surface area is 99.2 Å². The fourth-order valence-electron chi connectivity index (χ4n) is 3.00. The van der Waals surface area contributed by atoms with Crippen LogP contribution in [0, 0.1) is 4.91 Å². The van der Waals surface area contributed by atoms with Gasteiger partial charge in [-0.05, 0) is 48.8 Å². The van der Waals surface area contributed by atoms with Gasteiger partial charge in [0.2, 0.25) is 0 Å². The molecule has 4 heteroatoms. The third kappa shape index (κ3) is 1.29. The number of hydrogen-bond acceptors (Lipinski definition) is 3. The first-order valence-corrected chi connectivity index (χ1v) is 6.88. The zero-order valence-electron chi connectivity index (χ0n) is 9.27. The molecule has 0 saturated heterocycles. The van der Waals surface area contributed by atoms with E-state index in [2.05, 4.69) is 23.7 Å². The van der Waals surface area contributed by atoms with E-state index in [-0.39, 0.29) is 0 Å². The third-order valence-electron chi connectivity index (χ3n) is 3.67. The summed E-state index contributed by atoms with van der Waals surface area (Å²) in [5.41, 5.74) is 3.91. The fourth-order valence-corrected chi connectivity index (χ4v) is 3.66. The minimum absolute atomic E-state index is 0.531. The highest BCUT2D eigenvalue weighted by molar-refractivity contribution is 7.98. The van der Waals surface area contributed by atoms with Crippen LogP contribution in [0.15, 0.2) is 22.3 Å². The smallest absolute Gasteiger partial charge is 0.0665 e. The molecule has 0 radical (unpaired) electrons. The second-order valence-corrected chi connectivity index (χ2v) is 5.28. The summed E-state index contributed by atoms with van der Waals surface area (Å²) in [7, 11) is 0. The molecule has 1 unspecified atom stereocenters. The van der Waals surface area contributed by atoms with Crippen molar-refractivity contribution < 1.29 is 0 Å². The van der Waals surface area contributed by atoms with E-state index in [0.29, 0.717) is 5.92 Å². The Kier molecular flexibility index (Phi) is 2.39. The van der Waals surface area contributed by atoms with Gasteiger partial charge in [-0.2, -0.15) is 0 Å². The summed E-state index contributed by atoms with van der Waals surface area (Å²) in [6.45, 7) is 0.781. The Morgan fingerprint density at radius 2 is 2.38 bits per heavy atom. The van der Waals surface area contributed by atoms with Crippen molar-refractivity contribution in [2.75, 3.05) is 17.8 Å². The summed E-state index contributed by atoms with van der Waals surface area (Å²) in [5, 5.41) is 4.75. The SMILES string of the molecule is CSc1ccc2c3c1CCCC3CN2N=O. The lowest BCUT2D eigenvalue weighted by Crippen LogP contribution is -2.14. The van der Waals surface area contributed by atoms with Crippen LogP contribution in [0.3, 0.4) is 0 Å². The second kappa shape index (κ2) is 3.77. The van der Waals surface area contributed by atoms with E-state index in [1.165, 1.54) is 28.9 Å². The summed E-state index contributed by atoms with van der Waals surface area (Å²) in [6, 6.07) is 4.18. The van der Waals surface area contributed by atoms with Crippen LogP contribution in [-0.4, -0.2) is 12.8 Å². The summed E-state index contributed by atoms with van der Waals surface area (Å²) in [4.78, 5) is 12.2. The van der Waals surface area contributed by atoms with Gasteiger partial charge in [-0.1, -0.05) is 0 Å². The average molecular weight is 234 g/mol. The molecule has 1 aromatic carbocycles. The van der Waals surface area contributed by atoms with Gasteiger partial charge in [-0.15, -0.1) is 16.7 Å². The van der Waals surface area contributed by atoms with Gasteiger partial charge in [0.05, 0.1) is 17.5 Å². The molecule has 0 amide bonds. The highest BCUT2D eigenvalue weighted by atomic mass is 32.2. The molecule has 0 aromatic heterocycles. The van der Waals surface area contributed by atoms with Crippen molar-refractivity contribution >= 4 is 17.4 Å². The first kappa shape index (κ1) is 10.1. The lowest BCUT2D eigenvalue weighted by atomic mass is 9.84. The van der Waals surface area contributed by atoms with E-state index in [1.54, 1.807) is 16.8 Å². The van der Waals surface area contributed by atoms with Gasteiger partial charge in [0.25, 0.3) is 0 Å². The van der Waals surface area contributed by atoms with Crippen molar-refractivity contribution in [2.45, 2.75) is 30.1 Å². The van der Waals surface area contributed by atoms with Crippen LogP contribution in [0.5, 0.6) is 0 Å². The summed E-state index contributed by atoms with van der Waals surface area (Å²) < 4.78 is 0. The van der Waals surface area contributed by atoms with Crippen LogP contribution in [0.4, 0.5) is 5.69 Å². The zero-order valence-corrected chi connectivity index (χ0v) is 10.1. The highest BCUT2D eigenvalue weighted by Gasteiger charge is 2.34. The third-order valence-corrected chi connectivity index (χ3v) is 4.49. The second-order valence-electron chi connectivity index (χ2n) is 4.43. The minimum Gasteiger partial charge on any atom is -0.228 e. The number of thioether (sulfide) groups is 1. The van der Waals surface area contributed by atoms with Crippen LogP contribution >= 0.6 is 11.8 Å². The predicted molar refractivity (Wildman–Crippen MR) is 67.0 cm³/mol. The van der Waals surface area contributed by atoms with Crippen LogP contribution in [0.25, 0.3) is 0 Å². The molecule has 1 aromatic rings. The molecule has 0 N–H and O–H groups in total. The van der Waals surface area contributed by atoms with Crippen molar-refractivity contribution in [2.24, 2.45) is 5.29 Å². The van der Waals surface area contributed by atoms with E-state index in [1.807, 2.05) is 0 Å². The van der Waals surface area contributed by atoms with Crippen LogP contribution in [0.2, 0.25) is 0 Å². The number of nitroso groups, excluding NO2 is 1. The number of rotatable bonds is 2. The van der Waals surface area contributed by atoms with Crippen LogP contribution < -0.4 is 5.01 Å². The molecule has 2 aliphatic rings. The van der Waals surface area contributed by atoms with E-state index >= 15 is 0 Å². The van der Waals surface area contributed by atoms with E-state index in [4.69, 9.17) is 0 Å². The van der Waals surface area contributed by atoms with Crippen molar-refractivity contribution in [1.29, 1.82) is 0 Å². The maximum Gasteiger partial charge on any atom is 0.0665 e. The average Bonchev–Trinajstić information content (AvgIpc) is 2.70. The van der Waals surface area contributed by atoms with Gasteiger partial charge in [-0.3, -0.25) is 0 Å². The molecule has 0 spiro atoms. The number of nitrogens with zero attached hydrogens (tertiary/aromatic N) is 2. The molecule has 0 bridgehead atoms. The van der Waals surface area contributed by atoms with Crippen molar-refractivity contribution in [3.63, 3.8) is 0 Å².